The average Bonchev–Trinajstić information content (AvgIpc) is 2.29. The van der Waals surface area contributed by atoms with Gasteiger partial charge in [-0.05, 0) is 40.2 Å². The van der Waals surface area contributed by atoms with Crippen LogP contribution in [0.15, 0.2) is 28.7 Å². The minimum atomic E-state index is -0.347. The van der Waals surface area contributed by atoms with E-state index >= 15 is 0 Å². The molecule has 0 atom stereocenters. The lowest BCUT2D eigenvalue weighted by molar-refractivity contribution is 0.627. The lowest BCUT2D eigenvalue weighted by Crippen LogP contribution is -1.96. The fourth-order valence-electron chi connectivity index (χ4n) is 1.25. The molecule has 0 bridgehead atoms. The molecule has 1 aromatic carbocycles. The van der Waals surface area contributed by atoms with E-state index in [4.69, 9.17) is 34.8 Å². The topological polar surface area (TPSA) is 24.9 Å². The molecule has 7 heteroatoms. The maximum atomic E-state index is 12.9. The second-order valence-corrected chi connectivity index (χ2v) is 5.37. The zero-order valence-electron chi connectivity index (χ0n) is 8.65. The number of benzene rings is 1. The van der Waals surface area contributed by atoms with Crippen LogP contribution in [-0.4, -0.2) is 4.98 Å². The van der Waals surface area contributed by atoms with Crippen molar-refractivity contribution in [2.45, 2.75) is 0 Å². The first-order valence-corrected chi connectivity index (χ1v) is 6.63. The molecule has 94 valence electrons. The number of halogens is 5. The van der Waals surface area contributed by atoms with E-state index < -0.39 is 0 Å². The summed E-state index contributed by atoms with van der Waals surface area (Å²) in [7, 11) is 0. The molecule has 0 amide bonds. The van der Waals surface area contributed by atoms with Crippen LogP contribution in [0.5, 0.6) is 0 Å². The van der Waals surface area contributed by atoms with Gasteiger partial charge >= 0.3 is 0 Å². The van der Waals surface area contributed by atoms with Gasteiger partial charge in [-0.2, -0.15) is 0 Å². The summed E-state index contributed by atoms with van der Waals surface area (Å²) in [6.07, 6.45) is 0. The first-order valence-electron chi connectivity index (χ1n) is 4.71. The van der Waals surface area contributed by atoms with Gasteiger partial charge in [0.1, 0.15) is 11.0 Å². The molecule has 18 heavy (non-hydrogen) atoms. The van der Waals surface area contributed by atoms with Crippen LogP contribution in [0, 0.1) is 5.82 Å². The zero-order chi connectivity index (χ0) is 13.3. The number of rotatable bonds is 2. The summed E-state index contributed by atoms with van der Waals surface area (Å²) in [6, 6.07) is 5.68. The van der Waals surface area contributed by atoms with Crippen LogP contribution >= 0.6 is 50.7 Å². The van der Waals surface area contributed by atoms with E-state index in [9.17, 15) is 4.39 Å². The first kappa shape index (κ1) is 13.9. The minimum Gasteiger partial charge on any atom is -0.338 e. The van der Waals surface area contributed by atoms with Crippen molar-refractivity contribution in [3.05, 3.63) is 49.8 Å². The second kappa shape index (κ2) is 5.61. The monoisotopic (exact) mass is 368 g/mol. The van der Waals surface area contributed by atoms with Gasteiger partial charge in [0.15, 0.2) is 5.82 Å². The third-order valence-corrected chi connectivity index (χ3v) is 3.69. The fraction of sp³-hybridized carbons (Fsp3) is 0. The second-order valence-electron chi connectivity index (χ2n) is 3.34. The van der Waals surface area contributed by atoms with Crippen molar-refractivity contribution in [1.82, 2.24) is 4.98 Å². The van der Waals surface area contributed by atoms with Gasteiger partial charge in [0.2, 0.25) is 0 Å². The lowest BCUT2D eigenvalue weighted by atomic mass is 10.3. The molecule has 1 heterocycles. The van der Waals surface area contributed by atoms with E-state index in [2.05, 4.69) is 26.2 Å². The molecule has 0 saturated heterocycles. The van der Waals surface area contributed by atoms with Crippen LogP contribution in [0.4, 0.5) is 15.9 Å². The highest BCUT2D eigenvalue weighted by molar-refractivity contribution is 9.10. The van der Waals surface area contributed by atoms with Crippen LogP contribution in [0.1, 0.15) is 0 Å². The molecule has 0 aliphatic carbocycles. The van der Waals surface area contributed by atoms with Crippen molar-refractivity contribution in [3.8, 4) is 0 Å². The summed E-state index contributed by atoms with van der Waals surface area (Å²) in [5.74, 6) is -0.000931. The summed E-state index contributed by atoms with van der Waals surface area (Å²) in [5.41, 5.74) is 0.615. The number of hydrogen-bond acceptors (Lipinski definition) is 2. The number of nitrogens with zero attached hydrogens (tertiary/aromatic N) is 1. The molecule has 1 aromatic heterocycles. The average molecular weight is 370 g/mol. The Morgan fingerprint density at radius 2 is 1.83 bits per heavy atom. The number of pyridine rings is 1. The summed E-state index contributed by atoms with van der Waals surface area (Å²) in [6.45, 7) is 0. The molecule has 0 unspecified atom stereocenters. The van der Waals surface area contributed by atoms with E-state index in [1.54, 1.807) is 6.07 Å². The van der Waals surface area contributed by atoms with Crippen molar-refractivity contribution in [1.29, 1.82) is 0 Å². The van der Waals surface area contributed by atoms with Crippen LogP contribution in [0.3, 0.4) is 0 Å². The summed E-state index contributed by atoms with van der Waals surface area (Å²) < 4.78 is 13.5. The maximum absolute atomic E-state index is 12.9. The van der Waals surface area contributed by atoms with Crippen molar-refractivity contribution in [2.24, 2.45) is 0 Å². The van der Waals surface area contributed by atoms with Gasteiger partial charge < -0.3 is 5.32 Å². The highest BCUT2D eigenvalue weighted by Crippen LogP contribution is 2.33. The van der Waals surface area contributed by atoms with E-state index in [1.807, 2.05) is 0 Å². The Bertz CT molecular complexity index is 607. The molecule has 0 fully saturated rings. The van der Waals surface area contributed by atoms with E-state index in [-0.39, 0.29) is 16.0 Å². The number of aromatic nitrogens is 1. The predicted molar refractivity (Wildman–Crippen MR) is 76.6 cm³/mol. The van der Waals surface area contributed by atoms with E-state index in [1.165, 1.54) is 18.2 Å². The van der Waals surface area contributed by atoms with Crippen LogP contribution in [0.25, 0.3) is 0 Å². The molecule has 1 N–H and O–H groups in total. The standard InChI is InChI=1S/C11H5BrCl3FN2/c12-6-3-5(16)1-2-9(6)17-11-8(14)4-7(13)10(15)18-11/h1-4H,(H,17,18). The van der Waals surface area contributed by atoms with Gasteiger partial charge in [0, 0.05) is 4.47 Å². The minimum absolute atomic E-state index is 0.141. The predicted octanol–water partition coefficient (Wildman–Crippen LogP) is 5.69. The summed E-state index contributed by atoms with van der Waals surface area (Å²) in [4.78, 5) is 4.01. The molecule has 0 radical (unpaired) electrons. The summed E-state index contributed by atoms with van der Waals surface area (Å²) >= 11 is 20.8. The largest absolute Gasteiger partial charge is 0.338 e. The molecule has 0 aliphatic rings. The van der Waals surface area contributed by atoms with Crippen molar-refractivity contribution < 1.29 is 4.39 Å². The maximum Gasteiger partial charge on any atom is 0.151 e. The lowest BCUT2D eigenvalue weighted by Gasteiger charge is -2.10. The quantitative estimate of drug-likeness (QED) is 0.687. The van der Waals surface area contributed by atoms with Gasteiger partial charge in [-0.15, -0.1) is 0 Å². The van der Waals surface area contributed by atoms with Gasteiger partial charge in [-0.1, -0.05) is 34.8 Å². The highest BCUT2D eigenvalue weighted by atomic mass is 79.9. The van der Waals surface area contributed by atoms with Gasteiger partial charge in [-0.25, -0.2) is 9.37 Å². The Morgan fingerprint density at radius 3 is 2.50 bits per heavy atom. The molecule has 2 aromatic rings. The van der Waals surface area contributed by atoms with Crippen molar-refractivity contribution >= 4 is 62.2 Å². The normalized spacial score (nSPS) is 10.5. The molecular weight excluding hydrogens is 365 g/mol. The Kier molecular flexibility index (Phi) is 4.33. The van der Waals surface area contributed by atoms with Gasteiger partial charge in [0.05, 0.1) is 15.7 Å². The Morgan fingerprint density at radius 1 is 1.11 bits per heavy atom. The molecule has 0 spiro atoms. The molecule has 0 saturated carbocycles. The SMILES string of the molecule is Fc1ccc(Nc2nc(Cl)c(Cl)cc2Cl)c(Br)c1. The van der Waals surface area contributed by atoms with Gasteiger partial charge in [0.25, 0.3) is 0 Å². The van der Waals surface area contributed by atoms with Gasteiger partial charge in [-0.3, -0.25) is 0 Å². The van der Waals surface area contributed by atoms with Crippen LogP contribution in [-0.2, 0) is 0 Å². The fourth-order valence-corrected chi connectivity index (χ4v) is 2.25. The third kappa shape index (κ3) is 3.06. The molecule has 2 rings (SSSR count). The Balaban J connectivity index is 2.37. The molecule has 0 aliphatic heterocycles. The van der Waals surface area contributed by atoms with E-state index in [0.717, 1.165) is 0 Å². The molecule has 2 nitrogen and oxygen atoms in total. The molecular formula is C11H5BrCl3FN2. The van der Waals surface area contributed by atoms with Crippen LogP contribution < -0.4 is 5.32 Å². The van der Waals surface area contributed by atoms with Crippen molar-refractivity contribution in [2.75, 3.05) is 5.32 Å². The van der Waals surface area contributed by atoms with Crippen molar-refractivity contribution in [3.63, 3.8) is 0 Å². The number of hydrogen-bond donors (Lipinski definition) is 1. The summed E-state index contributed by atoms with van der Waals surface area (Å²) in [5, 5.41) is 3.67. The third-order valence-electron chi connectivity index (χ3n) is 2.07. The first-order chi connectivity index (χ1) is 8.47. The van der Waals surface area contributed by atoms with E-state index in [0.29, 0.717) is 21.0 Å². The number of anilines is 2. The smallest absolute Gasteiger partial charge is 0.151 e. The number of nitrogens with one attached hydrogen (secondary N) is 1. The Hall–Kier alpha value is -0.550. The van der Waals surface area contributed by atoms with Crippen LogP contribution in [0.2, 0.25) is 15.2 Å². The zero-order valence-corrected chi connectivity index (χ0v) is 12.5. The Labute approximate surface area is 126 Å². The highest BCUT2D eigenvalue weighted by Gasteiger charge is 2.09.